The monoisotopic (exact) mass is 169 g/mol. The van der Waals surface area contributed by atoms with Crippen LogP contribution in [-0.4, -0.2) is 50.4 Å². The molecule has 0 fully saturated rings. The van der Waals surface area contributed by atoms with Gasteiger partial charge in [0.05, 0.1) is 0 Å². The third kappa shape index (κ3) is 1.97. The van der Waals surface area contributed by atoms with E-state index in [4.69, 9.17) is 0 Å². The maximum absolute atomic E-state index is 4.30. The molecule has 0 radical (unpaired) electrons. The molecule has 0 amide bonds. The van der Waals surface area contributed by atoms with Crippen LogP contribution in [0.1, 0.15) is 13.3 Å². The van der Waals surface area contributed by atoms with Crippen LogP contribution in [0.15, 0.2) is 5.10 Å². The first-order chi connectivity index (χ1) is 5.58. The topological polar surface area (TPSA) is 18.8 Å². The molecule has 0 aromatic heterocycles. The number of hydrogen-bond donors (Lipinski definition) is 0. The van der Waals surface area contributed by atoms with E-state index in [1.54, 1.807) is 0 Å². The summed E-state index contributed by atoms with van der Waals surface area (Å²) in [5, 5.41) is 6.32. The van der Waals surface area contributed by atoms with Gasteiger partial charge in [0.2, 0.25) is 0 Å². The highest BCUT2D eigenvalue weighted by Crippen LogP contribution is 2.25. The van der Waals surface area contributed by atoms with Crippen molar-refractivity contribution in [2.24, 2.45) is 10.5 Å². The van der Waals surface area contributed by atoms with Crippen molar-refractivity contribution in [1.82, 2.24) is 9.91 Å². The van der Waals surface area contributed by atoms with Crippen molar-refractivity contribution in [3.05, 3.63) is 0 Å². The number of nitrogens with zero attached hydrogens (tertiary/aromatic N) is 3. The van der Waals surface area contributed by atoms with Gasteiger partial charge in [0.25, 0.3) is 0 Å². The Balaban J connectivity index is 2.59. The van der Waals surface area contributed by atoms with E-state index in [0.29, 0.717) is 0 Å². The molecule has 0 saturated heterocycles. The minimum atomic E-state index is 0.290. The first kappa shape index (κ1) is 9.52. The maximum atomic E-state index is 4.30. The smallest absolute Gasteiger partial charge is 0.0475 e. The molecule has 3 heteroatoms. The third-order valence-electron chi connectivity index (χ3n) is 2.41. The molecular weight excluding hydrogens is 150 g/mol. The van der Waals surface area contributed by atoms with Crippen LogP contribution in [0.4, 0.5) is 0 Å². The molecule has 0 saturated carbocycles. The second-order valence-electron chi connectivity index (χ2n) is 4.01. The van der Waals surface area contributed by atoms with Gasteiger partial charge in [-0.2, -0.15) is 5.10 Å². The van der Waals surface area contributed by atoms with Gasteiger partial charge in [-0.15, -0.1) is 0 Å². The van der Waals surface area contributed by atoms with Crippen molar-refractivity contribution >= 4 is 6.21 Å². The van der Waals surface area contributed by atoms with Crippen LogP contribution in [0, 0.1) is 5.41 Å². The van der Waals surface area contributed by atoms with Crippen LogP contribution in [0.2, 0.25) is 0 Å². The predicted octanol–water partition coefficient (Wildman–Crippen LogP) is 0.876. The summed E-state index contributed by atoms with van der Waals surface area (Å²) in [6.07, 6.45) is 3.27. The van der Waals surface area contributed by atoms with Gasteiger partial charge in [0, 0.05) is 31.8 Å². The Morgan fingerprint density at radius 3 is 2.58 bits per heavy atom. The fraction of sp³-hybridized carbons (Fsp3) is 0.889. The number of hydrazone groups is 1. The lowest BCUT2D eigenvalue weighted by Gasteiger charge is -2.28. The Hall–Kier alpha value is -0.570. The summed E-state index contributed by atoms with van der Waals surface area (Å²) >= 11 is 0. The molecule has 0 aliphatic carbocycles. The first-order valence-corrected chi connectivity index (χ1v) is 4.49. The molecule has 1 unspecified atom stereocenters. The quantitative estimate of drug-likeness (QED) is 0.624. The van der Waals surface area contributed by atoms with E-state index in [2.05, 4.69) is 37.2 Å². The van der Waals surface area contributed by atoms with Crippen LogP contribution in [0.5, 0.6) is 0 Å². The Morgan fingerprint density at radius 2 is 2.25 bits per heavy atom. The zero-order valence-corrected chi connectivity index (χ0v) is 8.54. The lowest BCUT2D eigenvalue weighted by atomic mass is 9.86. The van der Waals surface area contributed by atoms with Gasteiger partial charge in [0.1, 0.15) is 0 Å². The van der Waals surface area contributed by atoms with Gasteiger partial charge >= 0.3 is 0 Å². The van der Waals surface area contributed by atoms with Crippen LogP contribution in [0.3, 0.4) is 0 Å². The molecule has 70 valence electrons. The second-order valence-corrected chi connectivity index (χ2v) is 4.01. The van der Waals surface area contributed by atoms with Gasteiger partial charge < -0.3 is 4.90 Å². The van der Waals surface area contributed by atoms with Crippen LogP contribution in [-0.2, 0) is 0 Å². The maximum Gasteiger partial charge on any atom is 0.0475 e. The van der Waals surface area contributed by atoms with Crippen molar-refractivity contribution in [2.75, 3.05) is 34.2 Å². The number of hydrogen-bond acceptors (Lipinski definition) is 3. The summed E-state index contributed by atoms with van der Waals surface area (Å²) in [5.41, 5.74) is 0.290. The summed E-state index contributed by atoms with van der Waals surface area (Å²) in [5.74, 6) is 0. The average molecular weight is 169 g/mol. The fourth-order valence-electron chi connectivity index (χ4n) is 1.79. The van der Waals surface area contributed by atoms with Gasteiger partial charge in [-0.3, -0.25) is 5.01 Å². The Labute approximate surface area is 75.0 Å². The van der Waals surface area contributed by atoms with E-state index >= 15 is 0 Å². The summed E-state index contributed by atoms with van der Waals surface area (Å²) < 4.78 is 0. The second kappa shape index (κ2) is 3.44. The summed E-state index contributed by atoms with van der Waals surface area (Å²) in [6.45, 7) is 4.38. The number of rotatable bonds is 3. The zero-order chi connectivity index (χ0) is 9.19. The van der Waals surface area contributed by atoms with E-state index in [1.165, 1.54) is 6.42 Å². The van der Waals surface area contributed by atoms with Crippen molar-refractivity contribution in [1.29, 1.82) is 0 Å². The molecule has 0 bridgehead atoms. The van der Waals surface area contributed by atoms with Crippen molar-refractivity contribution in [3.8, 4) is 0 Å². The highest BCUT2D eigenvalue weighted by molar-refractivity contribution is 5.68. The average Bonchev–Trinajstić information content (AvgIpc) is 2.32. The molecule has 1 rings (SSSR count). The van der Waals surface area contributed by atoms with Gasteiger partial charge in [0.15, 0.2) is 0 Å². The SMILES string of the molecule is CCC1(CN(C)C)C=NN(C)C1. The fourth-order valence-corrected chi connectivity index (χ4v) is 1.79. The summed E-state index contributed by atoms with van der Waals surface area (Å²) in [6, 6.07) is 0. The van der Waals surface area contributed by atoms with Crippen molar-refractivity contribution in [2.45, 2.75) is 13.3 Å². The highest BCUT2D eigenvalue weighted by Gasteiger charge is 2.32. The van der Waals surface area contributed by atoms with Gasteiger partial charge in [-0.25, -0.2) is 0 Å². The standard InChI is InChI=1S/C9H19N3/c1-5-9(7-11(2)3)6-10-12(4)8-9/h6H,5,7-8H2,1-4H3. The molecule has 1 atom stereocenters. The zero-order valence-electron chi connectivity index (χ0n) is 8.54. The van der Waals surface area contributed by atoms with Gasteiger partial charge in [-0.05, 0) is 20.5 Å². The van der Waals surface area contributed by atoms with Gasteiger partial charge in [-0.1, -0.05) is 6.92 Å². The largest absolute Gasteiger partial charge is 0.308 e. The van der Waals surface area contributed by atoms with Crippen LogP contribution >= 0.6 is 0 Å². The van der Waals surface area contributed by atoms with E-state index < -0.39 is 0 Å². The molecule has 1 heterocycles. The molecule has 0 spiro atoms. The minimum Gasteiger partial charge on any atom is -0.308 e. The molecule has 0 N–H and O–H groups in total. The molecular formula is C9H19N3. The summed E-state index contributed by atoms with van der Waals surface area (Å²) in [7, 11) is 6.26. The molecule has 1 aliphatic rings. The third-order valence-corrected chi connectivity index (χ3v) is 2.41. The van der Waals surface area contributed by atoms with E-state index in [1.807, 2.05) is 12.1 Å². The van der Waals surface area contributed by atoms with E-state index in [0.717, 1.165) is 13.1 Å². The first-order valence-electron chi connectivity index (χ1n) is 4.49. The lowest BCUT2D eigenvalue weighted by Crippen LogP contribution is -2.37. The summed E-state index contributed by atoms with van der Waals surface area (Å²) in [4.78, 5) is 2.23. The molecule has 1 aliphatic heterocycles. The Kier molecular flexibility index (Phi) is 2.73. The van der Waals surface area contributed by atoms with Crippen molar-refractivity contribution in [3.63, 3.8) is 0 Å². The predicted molar refractivity (Wildman–Crippen MR) is 52.4 cm³/mol. The Morgan fingerprint density at radius 1 is 1.58 bits per heavy atom. The lowest BCUT2D eigenvalue weighted by molar-refractivity contribution is 0.222. The minimum absolute atomic E-state index is 0.290. The van der Waals surface area contributed by atoms with E-state index in [-0.39, 0.29) is 5.41 Å². The van der Waals surface area contributed by atoms with Crippen LogP contribution < -0.4 is 0 Å². The highest BCUT2D eigenvalue weighted by atomic mass is 15.5. The molecule has 0 aromatic rings. The molecule has 3 nitrogen and oxygen atoms in total. The molecule has 12 heavy (non-hydrogen) atoms. The van der Waals surface area contributed by atoms with Crippen molar-refractivity contribution < 1.29 is 0 Å². The Bertz CT molecular complexity index is 177. The normalized spacial score (nSPS) is 28.9. The van der Waals surface area contributed by atoms with E-state index in [9.17, 15) is 0 Å². The van der Waals surface area contributed by atoms with Crippen LogP contribution in [0.25, 0.3) is 0 Å². The molecule has 0 aromatic carbocycles.